The summed E-state index contributed by atoms with van der Waals surface area (Å²) in [7, 11) is 0. The molecule has 0 bridgehead atoms. The van der Waals surface area contributed by atoms with E-state index < -0.39 is 0 Å². The van der Waals surface area contributed by atoms with Gasteiger partial charge >= 0.3 is 0 Å². The van der Waals surface area contributed by atoms with Crippen LogP contribution in [0.3, 0.4) is 0 Å². The van der Waals surface area contributed by atoms with Gasteiger partial charge in [-0.1, -0.05) is 19.9 Å². The molecule has 2 rings (SSSR count). The summed E-state index contributed by atoms with van der Waals surface area (Å²) in [6.07, 6.45) is 2.03. The zero-order chi connectivity index (χ0) is 14.0. The first kappa shape index (κ1) is 14.6. The Kier molecular flexibility index (Phi) is 4.68. The minimum atomic E-state index is 0.165. The molecule has 3 N–H and O–H groups in total. The number of hydrogen-bond donors (Lipinski definition) is 2. The number of nitrogens with one attached hydrogen (secondary N) is 1. The van der Waals surface area contributed by atoms with Gasteiger partial charge in [0.2, 0.25) is 0 Å². The molecular formula is C14H21N3S2. The van der Waals surface area contributed by atoms with Crippen LogP contribution >= 0.6 is 23.5 Å². The maximum absolute atomic E-state index is 7.87. The molecule has 1 saturated heterocycles. The quantitative estimate of drug-likeness (QED) is 0.511. The summed E-state index contributed by atoms with van der Waals surface area (Å²) < 4.78 is 0. The molecule has 3 nitrogen and oxygen atoms in total. The van der Waals surface area contributed by atoms with Crippen LogP contribution < -0.4 is 10.6 Å². The van der Waals surface area contributed by atoms with Crippen molar-refractivity contribution in [2.75, 3.05) is 24.2 Å². The molecule has 0 aromatic heterocycles. The predicted molar refractivity (Wildman–Crippen MR) is 88.0 cm³/mol. The Balaban J connectivity index is 2.41. The lowest BCUT2D eigenvalue weighted by Gasteiger charge is -2.37. The topological polar surface area (TPSA) is 53.1 Å². The van der Waals surface area contributed by atoms with E-state index in [1.54, 1.807) is 11.8 Å². The summed E-state index contributed by atoms with van der Waals surface area (Å²) in [4.78, 5) is 3.46. The van der Waals surface area contributed by atoms with Crippen LogP contribution in [0.4, 0.5) is 5.69 Å². The average Bonchev–Trinajstić information content (AvgIpc) is 2.36. The van der Waals surface area contributed by atoms with Gasteiger partial charge in [0.1, 0.15) is 5.84 Å². The van der Waals surface area contributed by atoms with Gasteiger partial charge in [0.05, 0.1) is 5.56 Å². The Morgan fingerprint density at radius 3 is 2.53 bits per heavy atom. The normalized spacial score (nSPS) is 23.4. The number of rotatable bonds is 3. The molecular weight excluding hydrogens is 274 g/mol. The van der Waals surface area contributed by atoms with E-state index in [0.717, 1.165) is 29.2 Å². The SMILES string of the molecule is CSc1cccc(N2CC(C)SC(C)C2)c1C(=N)N. The van der Waals surface area contributed by atoms with Crippen molar-refractivity contribution in [1.82, 2.24) is 0 Å². The van der Waals surface area contributed by atoms with Gasteiger partial charge in [0, 0.05) is 34.2 Å². The minimum Gasteiger partial charge on any atom is -0.384 e. The molecule has 1 aliphatic heterocycles. The molecule has 1 heterocycles. The molecule has 5 heteroatoms. The smallest absolute Gasteiger partial charge is 0.126 e. The van der Waals surface area contributed by atoms with Gasteiger partial charge in [-0.05, 0) is 18.4 Å². The summed E-state index contributed by atoms with van der Waals surface area (Å²) in [5, 5.41) is 9.10. The first-order valence-corrected chi connectivity index (χ1v) is 8.61. The van der Waals surface area contributed by atoms with Crippen LogP contribution in [0.5, 0.6) is 0 Å². The molecule has 19 heavy (non-hydrogen) atoms. The third-order valence-electron chi connectivity index (χ3n) is 3.25. The number of benzene rings is 1. The second-order valence-electron chi connectivity index (χ2n) is 4.93. The van der Waals surface area contributed by atoms with E-state index in [9.17, 15) is 0 Å². The highest BCUT2D eigenvalue weighted by molar-refractivity contribution is 8.00. The van der Waals surface area contributed by atoms with Crippen LogP contribution in [0.25, 0.3) is 0 Å². The third-order valence-corrected chi connectivity index (χ3v) is 5.26. The third kappa shape index (κ3) is 3.20. The Morgan fingerprint density at radius 2 is 2.00 bits per heavy atom. The van der Waals surface area contributed by atoms with Crippen molar-refractivity contribution < 1.29 is 0 Å². The van der Waals surface area contributed by atoms with Crippen LogP contribution in [-0.4, -0.2) is 35.7 Å². The predicted octanol–water partition coefficient (Wildman–Crippen LogP) is 3.02. The van der Waals surface area contributed by atoms with Gasteiger partial charge in [0.15, 0.2) is 0 Å². The van der Waals surface area contributed by atoms with Crippen molar-refractivity contribution in [3.63, 3.8) is 0 Å². The Morgan fingerprint density at radius 1 is 1.37 bits per heavy atom. The van der Waals surface area contributed by atoms with E-state index in [-0.39, 0.29) is 5.84 Å². The van der Waals surface area contributed by atoms with E-state index in [1.165, 1.54) is 0 Å². The van der Waals surface area contributed by atoms with Crippen molar-refractivity contribution in [1.29, 1.82) is 5.41 Å². The molecule has 104 valence electrons. The van der Waals surface area contributed by atoms with Crippen LogP contribution in [-0.2, 0) is 0 Å². The summed E-state index contributed by atoms with van der Waals surface area (Å²) in [5.41, 5.74) is 7.80. The van der Waals surface area contributed by atoms with Gasteiger partial charge in [0.25, 0.3) is 0 Å². The second kappa shape index (κ2) is 6.09. The Hall–Kier alpha value is -0.810. The molecule has 0 aliphatic carbocycles. The maximum atomic E-state index is 7.87. The van der Waals surface area contributed by atoms with Crippen LogP contribution in [0, 0.1) is 5.41 Å². The molecule has 0 saturated carbocycles. The van der Waals surface area contributed by atoms with Crippen molar-refractivity contribution in [2.45, 2.75) is 29.2 Å². The first-order chi connectivity index (χ1) is 9.02. The Bertz CT molecular complexity index is 466. The first-order valence-electron chi connectivity index (χ1n) is 6.44. The number of amidine groups is 1. The minimum absolute atomic E-state index is 0.165. The maximum Gasteiger partial charge on any atom is 0.126 e. The fourth-order valence-electron chi connectivity index (χ4n) is 2.60. The standard InChI is InChI=1S/C14H21N3S2/c1-9-7-17(8-10(2)19-9)11-5-4-6-12(18-3)13(11)14(15)16/h4-6,9-10H,7-8H2,1-3H3,(H3,15,16). The molecule has 1 aromatic rings. The zero-order valence-corrected chi connectivity index (χ0v) is 13.3. The van der Waals surface area contributed by atoms with Gasteiger partial charge in [-0.3, -0.25) is 5.41 Å². The lowest BCUT2D eigenvalue weighted by atomic mass is 10.1. The molecule has 0 amide bonds. The lowest BCUT2D eigenvalue weighted by Crippen LogP contribution is -2.41. The highest BCUT2D eigenvalue weighted by atomic mass is 32.2. The number of anilines is 1. The highest BCUT2D eigenvalue weighted by Crippen LogP contribution is 2.34. The van der Waals surface area contributed by atoms with Crippen LogP contribution in [0.2, 0.25) is 0 Å². The average molecular weight is 295 g/mol. The van der Waals surface area contributed by atoms with E-state index >= 15 is 0 Å². The van der Waals surface area contributed by atoms with E-state index in [0.29, 0.717) is 10.5 Å². The van der Waals surface area contributed by atoms with Crippen molar-refractivity contribution in [3.8, 4) is 0 Å². The largest absolute Gasteiger partial charge is 0.384 e. The Labute approximate surface area is 123 Å². The molecule has 1 aliphatic rings. The number of nitrogen functional groups attached to an aromatic ring is 1. The highest BCUT2D eigenvalue weighted by Gasteiger charge is 2.25. The van der Waals surface area contributed by atoms with E-state index in [2.05, 4.69) is 30.9 Å². The van der Waals surface area contributed by atoms with Crippen molar-refractivity contribution in [3.05, 3.63) is 23.8 Å². The molecule has 2 atom stereocenters. The number of nitrogens with two attached hydrogens (primary N) is 1. The monoisotopic (exact) mass is 295 g/mol. The number of thioether (sulfide) groups is 2. The van der Waals surface area contributed by atoms with Gasteiger partial charge in [-0.2, -0.15) is 11.8 Å². The lowest BCUT2D eigenvalue weighted by molar-refractivity contribution is 0.727. The molecule has 0 spiro atoms. The van der Waals surface area contributed by atoms with E-state index in [4.69, 9.17) is 11.1 Å². The number of hydrogen-bond acceptors (Lipinski definition) is 4. The molecule has 1 aromatic carbocycles. The summed E-state index contributed by atoms with van der Waals surface area (Å²) in [6, 6.07) is 6.19. The summed E-state index contributed by atoms with van der Waals surface area (Å²) in [5.74, 6) is 0.165. The summed E-state index contributed by atoms with van der Waals surface area (Å²) in [6.45, 7) is 6.57. The van der Waals surface area contributed by atoms with Gasteiger partial charge in [-0.25, -0.2) is 0 Å². The van der Waals surface area contributed by atoms with Crippen LogP contribution in [0.15, 0.2) is 23.1 Å². The molecule has 0 radical (unpaired) electrons. The second-order valence-corrected chi connectivity index (χ2v) is 7.66. The summed E-state index contributed by atoms with van der Waals surface area (Å²) >= 11 is 3.68. The number of nitrogens with zero attached hydrogens (tertiary/aromatic N) is 1. The zero-order valence-electron chi connectivity index (χ0n) is 11.6. The fourth-order valence-corrected chi connectivity index (χ4v) is 4.56. The van der Waals surface area contributed by atoms with E-state index in [1.807, 2.05) is 24.1 Å². The van der Waals surface area contributed by atoms with Crippen LogP contribution in [0.1, 0.15) is 19.4 Å². The van der Waals surface area contributed by atoms with Crippen molar-refractivity contribution in [2.24, 2.45) is 5.73 Å². The van der Waals surface area contributed by atoms with Gasteiger partial charge in [-0.15, -0.1) is 11.8 Å². The van der Waals surface area contributed by atoms with Gasteiger partial charge < -0.3 is 10.6 Å². The fraction of sp³-hybridized carbons (Fsp3) is 0.500. The van der Waals surface area contributed by atoms with Crippen molar-refractivity contribution >= 4 is 35.0 Å². The molecule has 1 fully saturated rings. The molecule has 2 unspecified atom stereocenters.